The third-order valence-corrected chi connectivity index (χ3v) is 2.33. The van der Waals surface area contributed by atoms with Crippen molar-refractivity contribution in [3.8, 4) is 0 Å². The van der Waals surface area contributed by atoms with Crippen LogP contribution in [0, 0.1) is 5.92 Å². The highest BCUT2D eigenvalue weighted by molar-refractivity contribution is 5.69. The maximum Gasteiger partial charge on any atom is 0.306 e. The molecular weight excluding hydrogens is 196 g/mol. The molecule has 1 unspecified atom stereocenters. The normalized spacial score (nSPS) is 20.1. The SMILES string of the molecule is COC(=O)CC1C=C(OC)C(OC)=CC1. The molecule has 0 N–H and O–H groups in total. The van der Waals surface area contributed by atoms with Crippen LogP contribution in [0.4, 0.5) is 0 Å². The third-order valence-electron chi connectivity index (χ3n) is 2.33. The number of carbonyl (C=O) groups excluding carboxylic acids is 1. The number of esters is 1. The second-order valence-corrected chi connectivity index (χ2v) is 3.28. The molecule has 4 nitrogen and oxygen atoms in total. The van der Waals surface area contributed by atoms with Crippen LogP contribution in [0.15, 0.2) is 23.7 Å². The van der Waals surface area contributed by atoms with Crippen LogP contribution in [0.5, 0.6) is 0 Å². The van der Waals surface area contributed by atoms with E-state index in [4.69, 9.17) is 9.47 Å². The van der Waals surface area contributed by atoms with E-state index in [1.165, 1.54) is 7.11 Å². The first-order valence-corrected chi connectivity index (χ1v) is 4.78. The van der Waals surface area contributed by atoms with Gasteiger partial charge in [0.25, 0.3) is 0 Å². The first-order valence-electron chi connectivity index (χ1n) is 4.78. The Kier molecular flexibility index (Phi) is 4.21. The largest absolute Gasteiger partial charge is 0.493 e. The predicted molar refractivity (Wildman–Crippen MR) is 54.9 cm³/mol. The van der Waals surface area contributed by atoms with Gasteiger partial charge in [-0.25, -0.2) is 0 Å². The Balaban J connectivity index is 2.64. The van der Waals surface area contributed by atoms with E-state index in [1.807, 2.05) is 12.2 Å². The zero-order valence-electron chi connectivity index (χ0n) is 9.28. The number of hydrogen-bond donors (Lipinski definition) is 0. The van der Waals surface area contributed by atoms with E-state index in [0.717, 1.165) is 12.2 Å². The molecule has 1 atom stereocenters. The molecule has 1 aliphatic carbocycles. The van der Waals surface area contributed by atoms with Crippen LogP contribution in [0.2, 0.25) is 0 Å². The number of methoxy groups -OCH3 is 3. The number of carbonyl (C=O) groups is 1. The summed E-state index contributed by atoms with van der Waals surface area (Å²) in [6.07, 6.45) is 4.96. The molecule has 4 heteroatoms. The van der Waals surface area contributed by atoms with Crippen molar-refractivity contribution < 1.29 is 19.0 Å². The minimum absolute atomic E-state index is 0.131. The van der Waals surface area contributed by atoms with E-state index in [9.17, 15) is 4.79 Å². The van der Waals surface area contributed by atoms with Gasteiger partial charge in [0.2, 0.25) is 0 Å². The number of ether oxygens (including phenoxy) is 3. The van der Waals surface area contributed by atoms with Gasteiger partial charge >= 0.3 is 5.97 Å². The van der Waals surface area contributed by atoms with Crippen LogP contribution >= 0.6 is 0 Å². The van der Waals surface area contributed by atoms with Crippen molar-refractivity contribution in [1.29, 1.82) is 0 Å². The standard InChI is InChI=1S/C11H16O4/c1-13-9-5-4-8(6-10(9)14-2)7-11(12)15-3/h5-6,8H,4,7H2,1-3H3. The Labute approximate surface area is 89.5 Å². The van der Waals surface area contributed by atoms with Crippen molar-refractivity contribution in [2.24, 2.45) is 5.92 Å². The van der Waals surface area contributed by atoms with E-state index in [0.29, 0.717) is 12.2 Å². The molecule has 1 aliphatic rings. The summed E-state index contributed by atoms with van der Waals surface area (Å²) in [5, 5.41) is 0. The summed E-state index contributed by atoms with van der Waals surface area (Å²) in [6, 6.07) is 0. The topological polar surface area (TPSA) is 44.8 Å². The molecule has 0 radical (unpaired) electrons. The van der Waals surface area contributed by atoms with Crippen LogP contribution in [-0.2, 0) is 19.0 Å². The van der Waals surface area contributed by atoms with Crippen molar-refractivity contribution in [3.63, 3.8) is 0 Å². The van der Waals surface area contributed by atoms with Crippen molar-refractivity contribution in [1.82, 2.24) is 0 Å². The summed E-state index contributed by atoms with van der Waals surface area (Å²) in [5.41, 5.74) is 0. The van der Waals surface area contributed by atoms with Gasteiger partial charge in [0.15, 0.2) is 11.5 Å². The number of allylic oxidation sites excluding steroid dienone is 2. The summed E-state index contributed by atoms with van der Waals surface area (Å²) in [5.74, 6) is 1.32. The van der Waals surface area contributed by atoms with Gasteiger partial charge in [0, 0.05) is 0 Å². The molecular formula is C11H16O4. The molecule has 0 saturated heterocycles. The molecule has 0 spiro atoms. The molecule has 0 saturated carbocycles. The van der Waals surface area contributed by atoms with Crippen molar-refractivity contribution >= 4 is 5.97 Å². The second-order valence-electron chi connectivity index (χ2n) is 3.28. The fraction of sp³-hybridized carbons (Fsp3) is 0.545. The average molecular weight is 212 g/mol. The lowest BCUT2D eigenvalue weighted by atomic mass is 9.96. The van der Waals surface area contributed by atoms with Crippen molar-refractivity contribution in [2.45, 2.75) is 12.8 Å². The molecule has 1 rings (SSSR count). The smallest absolute Gasteiger partial charge is 0.306 e. The molecule has 0 fully saturated rings. The zero-order chi connectivity index (χ0) is 11.3. The maximum absolute atomic E-state index is 11.1. The van der Waals surface area contributed by atoms with Gasteiger partial charge in [0.1, 0.15) is 0 Å². The summed E-state index contributed by atoms with van der Waals surface area (Å²) in [4.78, 5) is 11.1. The molecule has 0 aliphatic heterocycles. The fourth-order valence-electron chi connectivity index (χ4n) is 1.52. The van der Waals surface area contributed by atoms with Crippen LogP contribution in [0.3, 0.4) is 0 Å². The van der Waals surface area contributed by atoms with Gasteiger partial charge < -0.3 is 14.2 Å². The molecule has 0 bridgehead atoms. The molecule has 84 valence electrons. The van der Waals surface area contributed by atoms with Gasteiger partial charge in [-0.1, -0.05) is 0 Å². The highest BCUT2D eigenvalue weighted by Gasteiger charge is 2.19. The number of rotatable bonds is 4. The van der Waals surface area contributed by atoms with Gasteiger partial charge in [-0.15, -0.1) is 0 Å². The van der Waals surface area contributed by atoms with Crippen LogP contribution in [0.1, 0.15) is 12.8 Å². The summed E-state index contributed by atoms with van der Waals surface area (Å²) < 4.78 is 14.9. The minimum Gasteiger partial charge on any atom is -0.493 e. The zero-order valence-corrected chi connectivity index (χ0v) is 9.28. The Hall–Kier alpha value is -1.45. The molecule has 0 aromatic rings. The Morgan fingerprint density at radius 2 is 2.00 bits per heavy atom. The molecule has 0 heterocycles. The van der Waals surface area contributed by atoms with Crippen LogP contribution < -0.4 is 0 Å². The lowest BCUT2D eigenvalue weighted by Crippen LogP contribution is -2.12. The average Bonchev–Trinajstić information content (AvgIpc) is 2.28. The summed E-state index contributed by atoms with van der Waals surface area (Å²) in [6.45, 7) is 0. The van der Waals surface area contributed by atoms with Gasteiger partial charge in [0.05, 0.1) is 27.8 Å². The quantitative estimate of drug-likeness (QED) is 0.664. The molecule has 0 aromatic heterocycles. The van der Waals surface area contributed by atoms with Gasteiger partial charge in [-0.2, -0.15) is 0 Å². The third kappa shape index (κ3) is 3.01. The van der Waals surface area contributed by atoms with E-state index in [1.54, 1.807) is 14.2 Å². The number of hydrogen-bond acceptors (Lipinski definition) is 4. The lowest BCUT2D eigenvalue weighted by molar-refractivity contribution is -0.141. The lowest BCUT2D eigenvalue weighted by Gasteiger charge is -2.19. The first kappa shape index (κ1) is 11.6. The second kappa shape index (κ2) is 5.44. The van der Waals surface area contributed by atoms with Crippen LogP contribution in [-0.4, -0.2) is 27.3 Å². The van der Waals surface area contributed by atoms with Crippen LogP contribution in [0.25, 0.3) is 0 Å². The van der Waals surface area contributed by atoms with E-state index in [-0.39, 0.29) is 11.9 Å². The van der Waals surface area contributed by atoms with Gasteiger partial charge in [-0.3, -0.25) is 4.79 Å². The van der Waals surface area contributed by atoms with Crippen molar-refractivity contribution in [3.05, 3.63) is 23.7 Å². The summed E-state index contributed by atoms with van der Waals surface area (Å²) >= 11 is 0. The maximum atomic E-state index is 11.1. The van der Waals surface area contributed by atoms with Crippen molar-refractivity contribution in [2.75, 3.05) is 21.3 Å². The Bertz CT molecular complexity index is 291. The minimum atomic E-state index is -0.207. The highest BCUT2D eigenvalue weighted by atomic mass is 16.5. The monoisotopic (exact) mass is 212 g/mol. The molecule has 15 heavy (non-hydrogen) atoms. The summed E-state index contributed by atoms with van der Waals surface area (Å²) in [7, 11) is 4.57. The predicted octanol–water partition coefficient (Wildman–Crippen LogP) is 1.63. The Morgan fingerprint density at radius 3 is 2.53 bits per heavy atom. The van der Waals surface area contributed by atoms with E-state index >= 15 is 0 Å². The van der Waals surface area contributed by atoms with E-state index < -0.39 is 0 Å². The fourth-order valence-corrected chi connectivity index (χ4v) is 1.52. The first-order chi connectivity index (χ1) is 7.21. The van der Waals surface area contributed by atoms with E-state index in [2.05, 4.69) is 4.74 Å². The highest BCUT2D eigenvalue weighted by Crippen LogP contribution is 2.26. The Morgan fingerprint density at radius 1 is 1.33 bits per heavy atom. The molecule has 0 aromatic carbocycles. The van der Waals surface area contributed by atoms with Gasteiger partial charge in [-0.05, 0) is 24.5 Å². The molecule has 0 amide bonds.